The monoisotopic (exact) mass is 156 g/mol. The summed E-state index contributed by atoms with van der Waals surface area (Å²) in [6.45, 7) is 2.06. The summed E-state index contributed by atoms with van der Waals surface area (Å²) in [5.74, 6) is 0. The molecule has 0 spiro atoms. The van der Waals surface area contributed by atoms with E-state index in [4.69, 9.17) is 11.6 Å². The Morgan fingerprint density at radius 2 is 1.80 bits per heavy atom. The lowest BCUT2D eigenvalue weighted by Crippen LogP contribution is -2.51. The highest BCUT2D eigenvalue weighted by atomic mass is 35.5. The maximum Gasteiger partial charge on any atom is 0.107 e. The molecule has 0 fully saturated rings. The molecule has 1 aromatic rings. The van der Waals surface area contributed by atoms with Gasteiger partial charge in [0.25, 0.3) is 0 Å². The van der Waals surface area contributed by atoms with Crippen molar-refractivity contribution < 1.29 is 5.73 Å². The number of quaternary nitrogens is 1. The number of hydrogen-bond donors (Lipinski definition) is 1. The molecule has 10 heavy (non-hydrogen) atoms. The molecule has 2 heteroatoms. The Kier molecular flexibility index (Phi) is 2.30. The molecule has 0 aromatic heterocycles. The average molecular weight is 157 g/mol. The summed E-state index contributed by atoms with van der Waals surface area (Å²) >= 11 is 5.70. The van der Waals surface area contributed by atoms with Gasteiger partial charge in [0, 0.05) is 10.6 Å². The smallest absolute Gasteiger partial charge is 0.107 e. The predicted molar refractivity (Wildman–Crippen MR) is 42.8 cm³/mol. The van der Waals surface area contributed by atoms with Crippen molar-refractivity contribution in [2.24, 2.45) is 0 Å². The summed E-state index contributed by atoms with van der Waals surface area (Å²) in [6.07, 6.45) is 0. The number of halogens is 1. The van der Waals surface area contributed by atoms with Crippen LogP contribution in [-0.2, 0) is 0 Å². The molecule has 54 valence electrons. The van der Waals surface area contributed by atoms with Crippen molar-refractivity contribution in [3.63, 3.8) is 0 Å². The summed E-state index contributed by atoms with van der Waals surface area (Å²) in [7, 11) is 0. The molecule has 0 saturated heterocycles. The van der Waals surface area contributed by atoms with Crippen molar-refractivity contribution >= 4 is 11.6 Å². The van der Waals surface area contributed by atoms with Crippen LogP contribution in [0.15, 0.2) is 24.3 Å². The van der Waals surface area contributed by atoms with Gasteiger partial charge in [-0.3, -0.25) is 0 Å². The zero-order valence-corrected chi connectivity index (χ0v) is 6.73. The van der Waals surface area contributed by atoms with Crippen molar-refractivity contribution in [1.82, 2.24) is 0 Å². The first-order chi connectivity index (χ1) is 4.70. The van der Waals surface area contributed by atoms with E-state index in [-0.39, 0.29) is 0 Å². The molecule has 0 aliphatic carbocycles. The third-order valence-corrected chi connectivity index (χ3v) is 1.69. The maximum absolute atomic E-state index is 5.70. The van der Waals surface area contributed by atoms with Gasteiger partial charge in [-0.1, -0.05) is 23.7 Å². The molecule has 0 saturated carbocycles. The quantitative estimate of drug-likeness (QED) is 0.641. The van der Waals surface area contributed by atoms with E-state index in [1.807, 2.05) is 24.3 Å². The summed E-state index contributed by atoms with van der Waals surface area (Å²) in [4.78, 5) is 0. The Balaban J connectivity index is 2.89. The molecule has 0 bridgehead atoms. The van der Waals surface area contributed by atoms with Gasteiger partial charge in [-0.05, 0) is 19.1 Å². The van der Waals surface area contributed by atoms with E-state index in [0.29, 0.717) is 6.04 Å². The molecule has 0 amide bonds. The fourth-order valence-electron chi connectivity index (χ4n) is 0.791. The van der Waals surface area contributed by atoms with E-state index < -0.39 is 0 Å². The van der Waals surface area contributed by atoms with Gasteiger partial charge in [-0.25, -0.2) is 0 Å². The molecule has 3 N–H and O–H groups in total. The number of hydrogen-bond acceptors (Lipinski definition) is 0. The topological polar surface area (TPSA) is 27.6 Å². The lowest BCUT2D eigenvalue weighted by atomic mass is 10.1. The zero-order chi connectivity index (χ0) is 7.56. The van der Waals surface area contributed by atoms with E-state index in [1.54, 1.807) is 0 Å². The standard InChI is InChI=1S/C8H10ClN/c1-6(10)7-2-4-8(9)5-3-7/h2-6H,10H2,1H3/p+1/t6-/m0/s1. The average Bonchev–Trinajstić information content (AvgIpc) is 1.88. The first-order valence-corrected chi connectivity index (χ1v) is 3.66. The van der Waals surface area contributed by atoms with Crippen LogP contribution in [0, 0.1) is 0 Å². The summed E-state index contributed by atoms with van der Waals surface area (Å²) in [6, 6.07) is 8.12. The van der Waals surface area contributed by atoms with Gasteiger partial charge in [-0.15, -0.1) is 0 Å². The molecule has 1 atom stereocenters. The lowest BCUT2D eigenvalue weighted by molar-refractivity contribution is -0.420. The van der Waals surface area contributed by atoms with Crippen LogP contribution in [-0.4, -0.2) is 0 Å². The van der Waals surface area contributed by atoms with Gasteiger partial charge in [0.2, 0.25) is 0 Å². The highest BCUT2D eigenvalue weighted by Gasteiger charge is 1.99. The largest absolute Gasteiger partial charge is 0.352 e. The van der Waals surface area contributed by atoms with Crippen LogP contribution >= 0.6 is 11.6 Å². The van der Waals surface area contributed by atoms with Crippen LogP contribution in [0.4, 0.5) is 0 Å². The SMILES string of the molecule is C[C@H]([NH3+])c1ccc(Cl)cc1. The van der Waals surface area contributed by atoms with Gasteiger partial charge in [-0.2, -0.15) is 0 Å². The van der Waals surface area contributed by atoms with E-state index in [1.165, 1.54) is 5.56 Å². The Morgan fingerprint density at radius 1 is 1.30 bits per heavy atom. The minimum absolute atomic E-state index is 0.345. The second-order valence-corrected chi connectivity index (χ2v) is 2.89. The molecule has 0 aliphatic heterocycles. The highest BCUT2D eigenvalue weighted by molar-refractivity contribution is 6.30. The molecule has 0 unspecified atom stereocenters. The first kappa shape index (κ1) is 7.58. The Bertz CT molecular complexity index is 203. The van der Waals surface area contributed by atoms with Crippen LogP contribution in [0.3, 0.4) is 0 Å². The molecule has 1 nitrogen and oxygen atoms in total. The van der Waals surface area contributed by atoms with Gasteiger partial charge in [0.1, 0.15) is 6.04 Å². The highest BCUT2D eigenvalue weighted by Crippen LogP contribution is 2.12. The molecular formula is C8H11ClN+. The van der Waals surface area contributed by atoms with Crippen LogP contribution in [0.2, 0.25) is 5.02 Å². The van der Waals surface area contributed by atoms with Crippen LogP contribution in [0.5, 0.6) is 0 Å². The normalized spacial score (nSPS) is 13.1. The summed E-state index contributed by atoms with van der Waals surface area (Å²) in [5.41, 5.74) is 5.12. The molecule has 0 heterocycles. The van der Waals surface area contributed by atoms with Crippen molar-refractivity contribution in [3.8, 4) is 0 Å². The van der Waals surface area contributed by atoms with Crippen LogP contribution < -0.4 is 5.73 Å². The number of rotatable bonds is 1. The predicted octanol–water partition coefficient (Wildman–Crippen LogP) is 1.64. The van der Waals surface area contributed by atoms with Crippen molar-refractivity contribution in [2.45, 2.75) is 13.0 Å². The fourth-order valence-corrected chi connectivity index (χ4v) is 0.917. The summed E-state index contributed by atoms with van der Waals surface area (Å²) in [5, 5.41) is 0.782. The molecule has 1 rings (SSSR count). The van der Waals surface area contributed by atoms with Crippen molar-refractivity contribution in [1.29, 1.82) is 0 Å². The van der Waals surface area contributed by atoms with Crippen LogP contribution in [0.25, 0.3) is 0 Å². The van der Waals surface area contributed by atoms with E-state index in [0.717, 1.165) is 5.02 Å². The summed E-state index contributed by atoms with van der Waals surface area (Å²) < 4.78 is 0. The third kappa shape index (κ3) is 1.72. The minimum Gasteiger partial charge on any atom is -0.352 e. The molecule has 1 aromatic carbocycles. The Hall–Kier alpha value is -0.530. The minimum atomic E-state index is 0.345. The second-order valence-electron chi connectivity index (χ2n) is 2.45. The van der Waals surface area contributed by atoms with Crippen LogP contribution in [0.1, 0.15) is 18.5 Å². The Labute approximate surface area is 65.8 Å². The van der Waals surface area contributed by atoms with E-state index in [9.17, 15) is 0 Å². The molecule has 0 aliphatic rings. The Morgan fingerprint density at radius 3 is 2.20 bits per heavy atom. The van der Waals surface area contributed by atoms with Crippen molar-refractivity contribution in [3.05, 3.63) is 34.9 Å². The molecular weight excluding hydrogens is 146 g/mol. The van der Waals surface area contributed by atoms with E-state index >= 15 is 0 Å². The first-order valence-electron chi connectivity index (χ1n) is 3.28. The van der Waals surface area contributed by atoms with Gasteiger partial charge in [0.15, 0.2) is 0 Å². The van der Waals surface area contributed by atoms with Crippen molar-refractivity contribution in [2.75, 3.05) is 0 Å². The lowest BCUT2D eigenvalue weighted by Gasteiger charge is -2.00. The zero-order valence-electron chi connectivity index (χ0n) is 5.97. The van der Waals surface area contributed by atoms with Gasteiger partial charge in [0.05, 0.1) is 0 Å². The van der Waals surface area contributed by atoms with E-state index in [2.05, 4.69) is 12.7 Å². The number of benzene rings is 1. The maximum atomic E-state index is 5.70. The van der Waals surface area contributed by atoms with Gasteiger partial charge >= 0.3 is 0 Å². The second kappa shape index (κ2) is 3.04. The van der Waals surface area contributed by atoms with Gasteiger partial charge < -0.3 is 5.73 Å². The fraction of sp³-hybridized carbons (Fsp3) is 0.250. The molecule has 0 radical (unpaired) electrons. The third-order valence-electron chi connectivity index (χ3n) is 1.44.